The van der Waals surface area contributed by atoms with Gasteiger partial charge in [-0.2, -0.15) is 0 Å². The zero-order valence-electron chi connectivity index (χ0n) is 20.9. The number of hydrogen-bond donors (Lipinski definition) is 1. The van der Waals surface area contributed by atoms with Crippen molar-refractivity contribution in [3.05, 3.63) is 70.8 Å². The van der Waals surface area contributed by atoms with Crippen molar-refractivity contribution in [3.63, 3.8) is 0 Å². The summed E-state index contributed by atoms with van der Waals surface area (Å²) in [6.07, 6.45) is 1.54. The van der Waals surface area contributed by atoms with Crippen molar-refractivity contribution < 1.29 is 14.3 Å². The number of carbonyl (C=O) groups is 2. The Morgan fingerprint density at radius 1 is 0.912 bits per heavy atom. The highest BCUT2D eigenvalue weighted by Crippen LogP contribution is 2.33. The van der Waals surface area contributed by atoms with E-state index >= 15 is 0 Å². The molecule has 2 aromatic rings. The second-order valence-electron chi connectivity index (χ2n) is 8.39. The minimum absolute atomic E-state index is 0.0580. The first-order chi connectivity index (χ1) is 16.5. The van der Waals surface area contributed by atoms with E-state index in [1.165, 1.54) is 11.1 Å². The predicted octanol–water partition coefficient (Wildman–Crippen LogP) is 5.65. The molecule has 0 aliphatic carbocycles. The van der Waals surface area contributed by atoms with Crippen molar-refractivity contribution in [1.29, 1.82) is 0 Å². The number of benzene rings is 2. The quantitative estimate of drug-likeness (QED) is 0.549. The van der Waals surface area contributed by atoms with Gasteiger partial charge in [0.2, 0.25) is 0 Å². The third kappa shape index (κ3) is 6.26. The Labute approximate surface area is 203 Å². The molecule has 0 saturated carbocycles. The lowest BCUT2D eigenvalue weighted by atomic mass is 9.88. The van der Waals surface area contributed by atoms with Crippen molar-refractivity contribution in [2.24, 2.45) is 0 Å². The topological polar surface area (TPSA) is 61.9 Å². The monoisotopic (exact) mass is 463 g/mol. The molecule has 1 saturated heterocycles. The van der Waals surface area contributed by atoms with Crippen LogP contribution in [0.2, 0.25) is 0 Å². The van der Waals surface area contributed by atoms with Crippen LogP contribution >= 0.6 is 0 Å². The van der Waals surface area contributed by atoms with Gasteiger partial charge in [-0.05, 0) is 81.1 Å². The third-order valence-electron chi connectivity index (χ3n) is 6.40. The lowest BCUT2D eigenvalue weighted by molar-refractivity contribution is 0.0773. The first-order valence-electron chi connectivity index (χ1n) is 12.4. The Bertz CT molecular complexity index is 1000. The van der Waals surface area contributed by atoms with Crippen LogP contribution in [-0.2, 0) is 4.74 Å². The largest absolute Gasteiger partial charge is 0.450 e. The van der Waals surface area contributed by atoms with Crippen LogP contribution in [0, 0.1) is 0 Å². The van der Waals surface area contributed by atoms with E-state index in [2.05, 4.69) is 35.3 Å². The first-order valence-corrected chi connectivity index (χ1v) is 12.4. The SMILES string of the molecule is CCOC(=O)Nc1cccc(C(=C2CCN(CC)CC2)c2ccc(C(=O)N(CC)CC)cc2)c1. The van der Waals surface area contributed by atoms with Crippen molar-refractivity contribution in [2.45, 2.75) is 40.5 Å². The second-order valence-corrected chi connectivity index (χ2v) is 8.39. The molecule has 2 amide bonds. The number of nitrogens with zero attached hydrogens (tertiary/aromatic N) is 2. The van der Waals surface area contributed by atoms with Crippen LogP contribution in [0.5, 0.6) is 0 Å². The molecule has 0 bridgehead atoms. The molecule has 1 heterocycles. The van der Waals surface area contributed by atoms with Crippen LogP contribution in [0.1, 0.15) is 62.0 Å². The molecule has 34 heavy (non-hydrogen) atoms. The van der Waals surface area contributed by atoms with E-state index in [-0.39, 0.29) is 5.91 Å². The smallest absolute Gasteiger partial charge is 0.411 e. The lowest BCUT2D eigenvalue weighted by Crippen LogP contribution is -2.30. The van der Waals surface area contributed by atoms with Gasteiger partial charge < -0.3 is 14.5 Å². The zero-order valence-corrected chi connectivity index (χ0v) is 20.9. The number of hydrogen-bond acceptors (Lipinski definition) is 4. The minimum Gasteiger partial charge on any atom is -0.450 e. The molecule has 0 aromatic heterocycles. The Hall–Kier alpha value is -3.12. The van der Waals surface area contributed by atoms with Gasteiger partial charge in [-0.25, -0.2) is 4.79 Å². The number of carbonyl (C=O) groups excluding carboxylic acids is 2. The van der Waals surface area contributed by atoms with E-state index in [9.17, 15) is 9.59 Å². The average Bonchev–Trinajstić information content (AvgIpc) is 2.86. The van der Waals surface area contributed by atoms with E-state index in [0.717, 1.165) is 43.6 Å². The predicted molar refractivity (Wildman–Crippen MR) is 138 cm³/mol. The number of nitrogens with one attached hydrogen (secondary N) is 1. The first kappa shape index (κ1) is 25.5. The minimum atomic E-state index is -0.454. The summed E-state index contributed by atoms with van der Waals surface area (Å²) in [6, 6.07) is 15.9. The fourth-order valence-corrected chi connectivity index (χ4v) is 4.47. The van der Waals surface area contributed by atoms with Gasteiger partial charge in [0, 0.05) is 37.4 Å². The Kier molecular flexibility index (Phi) is 9.28. The highest BCUT2D eigenvalue weighted by Gasteiger charge is 2.20. The maximum absolute atomic E-state index is 12.8. The summed E-state index contributed by atoms with van der Waals surface area (Å²) in [5.41, 5.74) is 6.14. The van der Waals surface area contributed by atoms with E-state index in [1.807, 2.05) is 49.1 Å². The van der Waals surface area contributed by atoms with Crippen LogP contribution < -0.4 is 5.32 Å². The highest BCUT2D eigenvalue weighted by molar-refractivity contribution is 5.95. The average molecular weight is 464 g/mol. The molecule has 0 spiro atoms. The molecule has 182 valence electrons. The molecular formula is C28H37N3O3. The number of likely N-dealkylation sites (tertiary alicyclic amines) is 1. The van der Waals surface area contributed by atoms with Crippen LogP contribution in [-0.4, -0.2) is 61.1 Å². The van der Waals surface area contributed by atoms with Gasteiger partial charge in [-0.1, -0.05) is 36.8 Å². The van der Waals surface area contributed by atoms with Gasteiger partial charge in [0.15, 0.2) is 0 Å². The Morgan fingerprint density at radius 2 is 1.56 bits per heavy atom. The zero-order chi connectivity index (χ0) is 24.5. The van der Waals surface area contributed by atoms with Crippen molar-refractivity contribution in [2.75, 3.05) is 44.6 Å². The van der Waals surface area contributed by atoms with Gasteiger partial charge in [0.05, 0.1) is 6.61 Å². The van der Waals surface area contributed by atoms with Gasteiger partial charge in [0.1, 0.15) is 0 Å². The summed E-state index contributed by atoms with van der Waals surface area (Å²) in [4.78, 5) is 29.0. The summed E-state index contributed by atoms with van der Waals surface area (Å²) in [6.45, 7) is 12.8. The molecule has 1 N–H and O–H groups in total. The fraction of sp³-hybridized carbons (Fsp3) is 0.429. The number of piperidine rings is 1. The molecule has 1 aliphatic rings. The molecule has 1 fully saturated rings. The van der Waals surface area contributed by atoms with Crippen LogP contribution in [0.3, 0.4) is 0 Å². The molecular weight excluding hydrogens is 426 g/mol. The van der Waals surface area contributed by atoms with Crippen LogP contribution in [0.15, 0.2) is 54.1 Å². The van der Waals surface area contributed by atoms with Crippen molar-refractivity contribution in [3.8, 4) is 0 Å². The number of amides is 2. The summed E-state index contributed by atoms with van der Waals surface area (Å²) in [7, 11) is 0. The van der Waals surface area contributed by atoms with Crippen LogP contribution in [0.25, 0.3) is 5.57 Å². The number of rotatable bonds is 8. The van der Waals surface area contributed by atoms with E-state index < -0.39 is 6.09 Å². The fourth-order valence-electron chi connectivity index (χ4n) is 4.47. The molecule has 0 unspecified atom stereocenters. The Morgan fingerprint density at radius 3 is 2.15 bits per heavy atom. The van der Waals surface area contributed by atoms with E-state index in [4.69, 9.17) is 4.74 Å². The maximum atomic E-state index is 12.8. The summed E-state index contributed by atoms with van der Waals surface area (Å²) in [5, 5.41) is 2.82. The van der Waals surface area contributed by atoms with Gasteiger partial charge in [0.25, 0.3) is 5.91 Å². The Balaban J connectivity index is 1.98. The summed E-state index contributed by atoms with van der Waals surface area (Å²) in [5.74, 6) is 0.0580. The normalized spacial score (nSPS) is 13.9. The van der Waals surface area contributed by atoms with Gasteiger partial charge in [-0.3, -0.25) is 10.1 Å². The molecule has 3 rings (SSSR count). The third-order valence-corrected chi connectivity index (χ3v) is 6.40. The molecule has 0 radical (unpaired) electrons. The maximum Gasteiger partial charge on any atom is 0.411 e. The molecule has 1 aliphatic heterocycles. The van der Waals surface area contributed by atoms with Crippen molar-refractivity contribution in [1.82, 2.24) is 9.80 Å². The molecule has 6 nitrogen and oxygen atoms in total. The summed E-state index contributed by atoms with van der Waals surface area (Å²) >= 11 is 0. The standard InChI is InChI=1S/C28H37N3O3/c1-5-30-18-16-22(17-19-30)26(24-10-9-11-25(20-24)29-28(33)34-8-4)21-12-14-23(15-13-21)27(32)31(6-2)7-3/h9-15,20H,5-8,16-19H2,1-4H3,(H,29,33). The summed E-state index contributed by atoms with van der Waals surface area (Å²) < 4.78 is 5.04. The number of anilines is 1. The second kappa shape index (κ2) is 12.4. The molecule has 6 heteroatoms. The number of ether oxygens (including phenoxy) is 1. The van der Waals surface area contributed by atoms with Gasteiger partial charge in [-0.15, -0.1) is 0 Å². The van der Waals surface area contributed by atoms with E-state index in [1.54, 1.807) is 6.92 Å². The molecule has 2 aromatic carbocycles. The van der Waals surface area contributed by atoms with E-state index in [0.29, 0.717) is 30.9 Å². The van der Waals surface area contributed by atoms with Crippen molar-refractivity contribution >= 4 is 23.3 Å². The lowest BCUT2D eigenvalue weighted by Gasteiger charge is -2.29. The van der Waals surface area contributed by atoms with Crippen LogP contribution in [0.4, 0.5) is 10.5 Å². The van der Waals surface area contributed by atoms with Gasteiger partial charge >= 0.3 is 6.09 Å². The highest BCUT2D eigenvalue weighted by atomic mass is 16.5. The molecule has 0 atom stereocenters.